The number of benzene rings is 1. The molecule has 0 aliphatic rings. The molecular formula is C11H13BrO4S. The highest BCUT2D eigenvalue weighted by atomic mass is 79.9. The molecule has 1 rings (SSSR count). The summed E-state index contributed by atoms with van der Waals surface area (Å²) >= 11 is 3.22. The molecule has 0 aromatic heterocycles. The van der Waals surface area contributed by atoms with Crippen molar-refractivity contribution in [2.75, 3.05) is 12.4 Å². The minimum atomic E-state index is -3.58. The fraction of sp³-hybridized carbons (Fsp3) is 0.364. The second kappa shape index (κ2) is 5.75. The molecule has 0 aliphatic carbocycles. The molecule has 94 valence electrons. The molecule has 0 radical (unpaired) electrons. The molecule has 0 saturated carbocycles. The Hall–Kier alpha value is -0.720. The zero-order chi connectivity index (χ0) is 13.1. The van der Waals surface area contributed by atoms with E-state index in [1.54, 1.807) is 12.1 Å². The fourth-order valence-corrected chi connectivity index (χ4v) is 2.72. The van der Waals surface area contributed by atoms with E-state index in [1.165, 1.54) is 19.1 Å². The van der Waals surface area contributed by atoms with Gasteiger partial charge in [-0.3, -0.25) is 4.79 Å². The van der Waals surface area contributed by atoms with E-state index in [4.69, 9.17) is 5.11 Å². The lowest BCUT2D eigenvalue weighted by Gasteiger charge is -2.12. The van der Waals surface area contributed by atoms with Crippen LogP contribution in [-0.4, -0.2) is 36.9 Å². The van der Waals surface area contributed by atoms with Gasteiger partial charge in [-0.25, -0.2) is 8.42 Å². The van der Waals surface area contributed by atoms with Gasteiger partial charge in [0.15, 0.2) is 15.6 Å². The van der Waals surface area contributed by atoms with Gasteiger partial charge in [-0.2, -0.15) is 0 Å². The zero-order valence-corrected chi connectivity index (χ0v) is 11.7. The standard InChI is InChI=1S/C11H13BrO4S/c1-2-17(15,16)10(7-13)11(14)8-3-5-9(12)6-4-8/h3-6,10,13H,2,7H2,1H3/t10-/m1/s1. The molecule has 4 nitrogen and oxygen atoms in total. The van der Waals surface area contributed by atoms with E-state index in [0.29, 0.717) is 0 Å². The number of aliphatic hydroxyl groups excluding tert-OH is 1. The lowest BCUT2D eigenvalue weighted by molar-refractivity contribution is 0.0961. The molecule has 0 heterocycles. The van der Waals surface area contributed by atoms with E-state index in [-0.39, 0.29) is 11.3 Å². The molecule has 0 spiro atoms. The Labute approximate surface area is 109 Å². The molecule has 0 aliphatic heterocycles. The quantitative estimate of drug-likeness (QED) is 0.833. The number of rotatable bonds is 5. The summed E-state index contributed by atoms with van der Waals surface area (Å²) < 4.78 is 24.0. The van der Waals surface area contributed by atoms with Crippen molar-refractivity contribution < 1.29 is 18.3 Å². The van der Waals surface area contributed by atoms with Gasteiger partial charge in [0, 0.05) is 15.8 Å². The fourth-order valence-electron chi connectivity index (χ4n) is 1.36. The molecule has 1 aromatic carbocycles. The van der Waals surface area contributed by atoms with Crippen molar-refractivity contribution in [2.45, 2.75) is 12.2 Å². The van der Waals surface area contributed by atoms with Crippen LogP contribution in [0.1, 0.15) is 17.3 Å². The van der Waals surface area contributed by atoms with E-state index in [9.17, 15) is 13.2 Å². The predicted octanol–water partition coefficient (Wildman–Crippen LogP) is 1.43. The summed E-state index contributed by atoms with van der Waals surface area (Å²) in [5, 5.41) is 7.70. The summed E-state index contributed by atoms with van der Waals surface area (Å²) in [7, 11) is -3.58. The first kappa shape index (κ1) is 14.3. The Morgan fingerprint density at radius 3 is 2.29 bits per heavy atom. The topological polar surface area (TPSA) is 71.4 Å². The van der Waals surface area contributed by atoms with Crippen molar-refractivity contribution in [1.82, 2.24) is 0 Å². The molecular weight excluding hydrogens is 308 g/mol. The van der Waals surface area contributed by atoms with Crippen molar-refractivity contribution >= 4 is 31.6 Å². The first-order valence-electron chi connectivity index (χ1n) is 5.04. The lowest BCUT2D eigenvalue weighted by atomic mass is 10.1. The van der Waals surface area contributed by atoms with E-state index < -0.39 is 27.5 Å². The van der Waals surface area contributed by atoms with Crippen LogP contribution in [0.4, 0.5) is 0 Å². The highest BCUT2D eigenvalue weighted by Gasteiger charge is 2.30. The van der Waals surface area contributed by atoms with Crippen molar-refractivity contribution in [2.24, 2.45) is 0 Å². The Balaban J connectivity index is 3.07. The molecule has 1 atom stereocenters. The van der Waals surface area contributed by atoms with Crippen LogP contribution in [0.25, 0.3) is 0 Å². The number of ketones is 1. The number of hydrogen-bond donors (Lipinski definition) is 1. The second-order valence-corrected chi connectivity index (χ2v) is 6.88. The maximum atomic E-state index is 11.9. The number of carbonyl (C=O) groups is 1. The first-order chi connectivity index (χ1) is 7.92. The number of Topliss-reactive ketones (excluding diaryl/α,β-unsaturated/α-hetero) is 1. The Morgan fingerprint density at radius 1 is 1.35 bits per heavy atom. The molecule has 17 heavy (non-hydrogen) atoms. The van der Waals surface area contributed by atoms with Gasteiger partial charge in [0.25, 0.3) is 0 Å². The highest BCUT2D eigenvalue weighted by molar-refractivity contribution is 9.10. The SMILES string of the molecule is CCS(=O)(=O)[C@H](CO)C(=O)c1ccc(Br)cc1. The molecule has 1 N–H and O–H groups in total. The lowest BCUT2D eigenvalue weighted by Crippen LogP contribution is -2.35. The van der Waals surface area contributed by atoms with Crippen LogP contribution >= 0.6 is 15.9 Å². The van der Waals surface area contributed by atoms with Crippen molar-refractivity contribution in [3.63, 3.8) is 0 Å². The Morgan fingerprint density at radius 2 is 1.88 bits per heavy atom. The third-order valence-corrected chi connectivity index (χ3v) is 4.99. The van der Waals surface area contributed by atoms with E-state index in [0.717, 1.165) is 4.47 Å². The molecule has 0 unspecified atom stereocenters. The van der Waals surface area contributed by atoms with Gasteiger partial charge in [-0.1, -0.05) is 35.0 Å². The number of sulfone groups is 1. The number of aliphatic hydroxyl groups is 1. The monoisotopic (exact) mass is 320 g/mol. The Bertz CT molecular complexity index is 493. The van der Waals surface area contributed by atoms with Crippen LogP contribution in [0.5, 0.6) is 0 Å². The van der Waals surface area contributed by atoms with Crippen LogP contribution in [0.2, 0.25) is 0 Å². The summed E-state index contributed by atoms with van der Waals surface area (Å²) in [5.74, 6) is -0.734. The summed E-state index contributed by atoms with van der Waals surface area (Å²) in [6, 6.07) is 6.36. The molecule has 1 aromatic rings. The maximum absolute atomic E-state index is 11.9. The number of halogens is 1. The largest absolute Gasteiger partial charge is 0.395 e. The van der Waals surface area contributed by atoms with Gasteiger partial charge in [0.05, 0.1) is 6.61 Å². The summed E-state index contributed by atoms with van der Waals surface area (Å²) in [4.78, 5) is 11.9. The molecule has 0 fully saturated rings. The summed E-state index contributed by atoms with van der Waals surface area (Å²) in [6.07, 6.45) is 0. The predicted molar refractivity (Wildman–Crippen MR) is 68.8 cm³/mol. The smallest absolute Gasteiger partial charge is 0.183 e. The van der Waals surface area contributed by atoms with Crippen molar-refractivity contribution in [1.29, 1.82) is 0 Å². The van der Waals surface area contributed by atoms with Gasteiger partial charge in [-0.15, -0.1) is 0 Å². The van der Waals surface area contributed by atoms with Crippen molar-refractivity contribution in [3.8, 4) is 0 Å². The average Bonchev–Trinajstić information content (AvgIpc) is 2.30. The van der Waals surface area contributed by atoms with E-state index >= 15 is 0 Å². The van der Waals surface area contributed by atoms with E-state index in [2.05, 4.69) is 15.9 Å². The third kappa shape index (κ3) is 3.37. The van der Waals surface area contributed by atoms with Gasteiger partial charge in [0.1, 0.15) is 5.25 Å². The van der Waals surface area contributed by atoms with Gasteiger partial charge in [0.2, 0.25) is 0 Å². The van der Waals surface area contributed by atoms with Crippen molar-refractivity contribution in [3.05, 3.63) is 34.3 Å². The molecule has 6 heteroatoms. The minimum Gasteiger partial charge on any atom is -0.395 e. The van der Waals surface area contributed by atoms with Crippen LogP contribution in [-0.2, 0) is 9.84 Å². The van der Waals surface area contributed by atoms with Gasteiger partial charge in [-0.05, 0) is 12.1 Å². The average molecular weight is 321 g/mol. The number of hydrogen-bond acceptors (Lipinski definition) is 4. The first-order valence-corrected chi connectivity index (χ1v) is 7.55. The highest BCUT2D eigenvalue weighted by Crippen LogP contribution is 2.15. The van der Waals surface area contributed by atoms with Gasteiger partial charge < -0.3 is 5.11 Å². The molecule has 0 bridgehead atoms. The van der Waals surface area contributed by atoms with Crippen LogP contribution in [0, 0.1) is 0 Å². The Kier molecular flexibility index (Phi) is 4.85. The summed E-state index contributed by atoms with van der Waals surface area (Å²) in [6.45, 7) is 0.762. The van der Waals surface area contributed by atoms with Crippen LogP contribution < -0.4 is 0 Å². The minimum absolute atomic E-state index is 0.166. The summed E-state index contributed by atoms with van der Waals surface area (Å²) in [5.41, 5.74) is 0.282. The number of carbonyl (C=O) groups excluding carboxylic acids is 1. The molecule has 0 saturated heterocycles. The maximum Gasteiger partial charge on any atom is 0.183 e. The van der Waals surface area contributed by atoms with E-state index in [1.807, 2.05) is 0 Å². The third-order valence-electron chi connectivity index (χ3n) is 2.42. The van der Waals surface area contributed by atoms with Gasteiger partial charge >= 0.3 is 0 Å². The molecule has 0 amide bonds. The zero-order valence-electron chi connectivity index (χ0n) is 9.26. The second-order valence-electron chi connectivity index (χ2n) is 3.49. The normalized spacial score (nSPS) is 13.4. The van der Waals surface area contributed by atoms with Crippen LogP contribution in [0.3, 0.4) is 0 Å². The van der Waals surface area contributed by atoms with Crippen LogP contribution in [0.15, 0.2) is 28.7 Å².